The lowest BCUT2D eigenvalue weighted by Gasteiger charge is -2.12. The molecule has 3 rings (SSSR count). The van der Waals surface area contributed by atoms with E-state index < -0.39 is 0 Å². The van der Waals surface area contributed by atoms with Crippen LogP contribution in [0.5, 0.6) is 5.75 Å². The molecule has 0 unspecified atom stereocenters. The molecule has 0 aliphatic rings. The van der Waals surface area contributed by atoms with Gasteiger partial charge >= 0.3 is 0 Å². The number of aromatic nitrogens is 1. The van der Waals surface area contributed by atoms with Crippen molar-refractivity contribution in [3.63, 3.8) is 0 Å². The van der Waals surface area contributed by atoms with Crippen molar-refractivity contribution in [1.29, 1.82) is 0 Å². The quantitative estimate of drug-likeness (QED) is 0.418. The Bertz CT molecular complexity index is 1050. The number of hydrogen-bond donors (Lipinski definition) is 1. The molecule has 3 aromatic rings. The lowest BCUT2D eigenvalue weighted by Crippen LogP contribution is -2.20. The molecule has 0 saturated carbocycles. The Morgan fingerprint density at radius 1 is 1.25 bits per heavy atom. The van der Waals surface area contributed by atoms with Gasteiger partial charge < -0.3 is 4.74 Å². The fourth-order valence-electron chi connectivity index (χ4n) is 2.66. The maximum atomic E-state index is 12.3. The van der Waals surface area contributed by atoms with Crippen LogP contribution in [0.15, 0.2) is 34.8 Å². The maximum Gasteiger partial charge on any atom is 0.264 e. The maximum absolute atomic E-state index is 12.3. The van der Waals surface area contributed by atoms with Gasteiger partial charge in [0.1, 0.15) is 5.75 Å². The monoisotopic (exact) mass is 498 g/mol. The average Bonchev–Trinajstić information content (AvgIpc) is 3.02. The minimum absolute atomic E-state index is 0.135. The van der Waals surface area contributed by atoms with Crippen molar-refractivity contribution in [1.82, 2.24) is 4.98 Å². The first-order chi connectivity index (χ1) is 13.3. The second-order valence-electron chi connectivity index (χ2n) is 6.22. The molecule has 2 aromatic carbocycles. The summed E-state index contributed by atoms with van der Waals surface area (Å²) in [5.41, 5.74) is 3.47. The highest BCUT2D eigenvalue weighted by molar-refractivity contribution is 9.10. The van der Waals surface area contributed by atoms with Gasteiger partial charge in [0.25, 0.3) is 5.91 Å². The standard InChI is InChI=1S/C20H17BrCl2N2O2S/c1-10-7-15(17(21)11(2)18(10)23)27-9-16(26)24-20-25-19(12(3)28-20)13-5-4-6-14(22)8-13/h4-8H,9H2,1-3H3,(H,24,25,26). The topological polar surface area (TPSA) is 51.2 Å². The lowest BCUT2D eigenvalue weighted by atomic mass is 10.1. The first kappa shape index (κ1) is 21.1. The number of amides is 1. The van der Waals surface area contributed by atoms with Gasteiger partial charge in [0.15, 0.2) is 11.7 Å². The molecule has 0 atom stereocenters. The fourth-order valence-corrected chi connectivity index (χ4v) is 4.39. The number of hydrogen-bond acceptors (Lipinski definition) is 4. The fraction of sp³-hybridized carbons (Fsp3) is 0.200. The van der Waals surface area contributed by atoms with Crippen molar-refractivity contribution in [2.24, 2.45) is 0 Å². The summed E-state index contributed by atoms with van der Waals surface area (Å²) in [6, 6.07) is 9.27. The van der Waals surface area contributed by atoms with Crippen LogP contribution in [0, 0.1) is 20.8 Å². The summed E-state index contributed by atoms with van der Waals surface area (Å²) in [7, 11) is 0. The predicted molar refractivity (Wildman–Crippen MR) is 120 cm³/mol. The number of ether oxygens (including phenoxy) is 1. The zero-order valence-corrected chi connectivity index (χ0v) is 19.3. The number of nitrogens with zero attached hydrogens (tertiary/aromatic N) is 1. The summed E-state index contributed by atoms with van der Waals surface area (Å²) < 4.78 is 6.41. The second kappa shape index (κ2) is 8.82. The number of halogens is 3. The molecule has 0 fully saturated rings. The molecular formula is C20H17BrCl2N2O2S. The van der Waals surface area contributed by atoms with Crippen LogP contribution in [0.3, 0.4) is 0 Å². The van der Waals surface area contributed by atoms with Crippen molar-refractivity contribution in [2.45, 2.75) is 20.8 Å². The smallest absolute Gasteiger partial charge is 0.264 e. The van der Waals surface area contributed by atoms with E-state index in [0.717, 1.165) is 31.7 Å². The molecule has 146 valence electrons. The molecule has 1 amide bonds. The van der Waals surface area contributed by atoms with Crippen LogP contribution >= 0.6 is 50.5 Å². The van der Waals surface area contributed by atoms with E-state index in [0.29, 0.717) is 20.9 Å². The Hall–Kier alpha value is -1.60. The molecule has 0 spiro atoms. The van der Waals surface area contributed by atoms with Crippen molar-refractivity contribution in [3.8, 4) is 17.0 Å². The summed E-state index contributed by atoms with van der Waals surface area (Å²) >= 11 is 17.2. The lowest BCUT2D eigenvalue weighted by molar-refractivity contribution is -0.118. The van der Waals surface area contributed by atoms with Gasteiger partial charge in [0.2, 0.25) is 0 Å². The third kappa shape index (κ3) is 4.69. The third-order valence-electron chi connectivity index (χ3n) is 4.07. The van der Waals surface area contributed by atoms with Crippen LogP contribution in [0.1, 0.15) is 16.0 Å². The number of aryl methyl sites for hydroxylation is 2. The summed E-state index contributed by atoms with van der Waals surface area (Å²) in [6.07, 6.45) is 0. The van der Waals surface area contributed by atoms with Crippen LogP contribution in [0.25, 0.3) is 11.3 Å². The Morgan fingerprint density at radius 2 is 2.00 bits per heavy atom. The number of rotatable bonds is 5. The van der Waals surface area contributed by atoms with E-state index in [1.807, 2.05) is 45.0 Å². The van der Waals surface area contributed by atoms with Crippen molar-refractivity contribution < 1.29 is 9.53 Å². The zero-order chi connectivity index (χ0) is 20.4. The minimum Gasteiger partial charge on any atom is -0.483 e. The van der Waals surface area contributed by atoms with Gasteiger partial charge in [0, 0.05) is 20.5 Å². The van der Waals surface area contributed by atoms with Crippen molar-refractivity contribution in [2.75, 3.05) is 11.9 Å². The highest BCUT2D eigenvalue weighted by Gasteiger charge is 2.15. The van der Waals surface area contributed by atoms with E-state index in [1.54, 1.807) is 6.07 Å². The molecule has 8 heteroatoms. The van der Waals surface area contributed by atoms with Gasteiger partial charge in [-0.15, -0.1) is 11.3 Å². The predicted octanol–water partition coefficient (Wildman–Crippen LogP) is 6.82. The van der Waals surface area contributed by atoms with E-state index in [4.69, 9.17) is 27.9 Å². The molecular weight excluding hydrogens is 483 g/mol. The van der Waals surface area contributed by atoms with Crippen molar-refractivity contribution in [3.05, 3.63) is 60.9 Å². The Labute approximate surface area is 186 Å². The molecule has 1 N–H and O–H groups in total. The normalized spacial score (nSPS) is 10.8. The van der Waals surface area contributed by atoms with Gasteiger partial charge in [-0.3, -0.25) is 10.1 Å². The highest BCUT2D eigenvalue weighted by Crippen LogP contribution is 2.36. The minimum atomic E-state index is -0.288. The second-order valence-corrected chi connectivity index (χ2v) is 9.03. The van der Waals surface area contributed by atoms with E-state index in [1.165, 1.54) is 11.3 Å². The van der Waals surface area contributed by atoms with E-state index >= 15 is 0 Å². The number of carbonyl (C=O) groups is 1. The first-order valence-corrected chi connectivity index (χ1v) is 10.7. The Kier molecular flexibility index (Phi) is 6.65. The molecule has 0 radical (unpaired) electrons. The van der Waals surface area contributed by atoms with E-state index in [9.17, 15) is 4.79 Å². The largest absolute Gasteiger partial charge is 0.483 e. The molecule has 0 aliphatic heterocycles. The average molecular weight is 500 g/mol. The van der Waals surface area contributed by atoms with Gasteiger partial charge in [-0.05, 0) is 66.0 Å². The summed E-state index contributed by atoms with van der Waals surface area (Å²) in [5, 5.41) is 4.62. The molecule has 0 saturated heterocycles. The number of thiazole rings is 1. The molecule has 0 bridgehead atoms. The van der Waals surface area contributed by atoms with Gasteiger partial charge in [-0.1, -0.05) is 35.3 Å². The number of benzene rings is 2. The van der Waals surface area contributed by atoms with Crippen LogP contribution in [-0.4, -0.2) is 17.5 Å². The van der Waals surface area contributed by atoms with Crippen molar-refractivity contribution >= 4 is 61.5 Å². The van der Waals surface area contributed by atoms with Crippen LogP contribution in [-0.2, 0) is 4.79 Å². The van der Waals surface area contributed by atoms with E-state index in [2.05, 4.69) is 26.2 Å². The number of nitrogens with one attached hydrogen (secondary N) is 1. The van der Waals surface area contributed by atoms with Gasteiger partial charge in [0.05, 0.1) is 10.2 Å². The highest BCUT2D eigenvalue weighted by atomic mass is 79.9. The van der Waals surface area contributed by atoms with E-state index in [-0.39, 0.29) is 12.5 Å². The molecule has 1 heterocycles. The molecule has 4 nitrogen and oxygen atoms in total. The van der Waals surface area contributed by atoms with Crippen LogP contribution < -0.4 is 10.1 Å². The number of anilines is 1. The van der Waals surface area contributed by atoms with Gasteiger partial charge in [-0.25, -0.2) is 4.98 Å². The molecule has 0 aliphatic carbocycles. The Balaban J connectivity index is 1.69. The van der Waals surface area contributed by atoms with Crippen LogP contribution in [0.2, 0.25) is 10.0 Å². The molecule has 1 aromatic heterocycles. The zero-order valence-electron chi connectivity index (χ0n) is 15.4. The SMILES string of the molecule is Cc1cc(OCC(=O)Nc2nc(-c3cccc(Cl)c3)c(C)s2)c(Br)c(C)c1Cl. The van der Waals surface area contributed by atoms with Crippen LogP contribution in [0.4, 0.5) is 5.13 Å². The number of carbonyl (C=O) groups excluding carboxylic acids is 1. The summed E-state index contributed by atoms with van der Waals surface area (Å²) in [6.45, 7) is 5.60. The third-order valence-corrected chi connectivity index (χ3v) is 6.76. The summed E-state index contributed by atoms with van der Waals surface area (Å²) in [5.74, 6) is 0.285. The Morgan fingerprint density at radius 3 is 2.71 bits per heavy atom. The van der Waals surface area contributed by atoms with Gasteiger partial charge in [-0.2, -0.15) is 0 Å². The molecule has 28 heavy (non-hydrogen) atoms. The first-order valence-electron chi connectivity index (χ1n) is 8.37. The summed E-state index contributed by atoms with van der Waals surface area (Å²) in [4.78, 5) is 17.8.